The normalized spacial score (nSPS) is 15.1. The predicted octanol–water partition coefficient (Wildman–Crippen LogP) is 3.92. The number of rotatable bonds is 7. The molecule has 0 saturated carbocycles. The van der Waals surface area contributed by atoms with E-state index >= 15 is 0 Å². The van der Waals surface area contributed by atoms with Gasteiger partial charge < -0.3 is 25.0 Å². The molecule has 1 heterocycles. The van der Waals surface area contributed by atoms with Crippen molar-refractivity contribution < 1.29 is 27.4 Å². The average Bonchev–Trinajstić information content (AvgIpc) is 2.69. The number of carbonyl (C=O) groups excluding carboxylic acids is 1. The van der Waals surface area contributed by atoms with E-state index in [1.54, 1.807) is 24.0 Å². The van der Waals surface area contributed by atoms with Crippen LogP contribution >= 0.6 is 24.0 Å². The predicted molar refractivity (Wildman–Crippen MR) is 123 cm³/mol. The van der Waals surface area contributed by atoms with Crippen molar-refractivity contribution >= 4 is 36.0 Å². The van der Waals surface area contributed by atoms with Crippen molar-refractivity contribution in [2.24, 2.45) is 4.99 Å². The minimum absolute atomic E-state index is 0. The minimum atomic E-state index is -4.69. The Balaban J connectivity index is 0.00000480. The number of amides is 1. The molecule has 0 atom stereocenters. The van der Waals surface area contributed by atoms with E-state index in [1.807, 2.05) is 6.92 Å². The van der Waals surface area contributed by atoms with Crippen LogP contribution in [0.25, 0.3) is 0 Å². The average molecular weight is 558 g/mol. The lowest BCUT2D eigenvalue weighted by Gasteiger charge is -2.32. The molecule has 0 radical (unpaired) electrons. The Hall–Kier alpha value is -1.92. The lowest BCUT2D eigenvalue weighted by Crippen LogP contribution is -2.50. The fourth-order valence-electron chi connectivity index (χ4n) is 3.09. The topological polar surface area (TPSA) is 75.2 Å². The van der Waals surface area contributed by atoms with Gasteiger partial charge in [0.15, 0.2) is 5.96 Å². The lowest BCUT2D eigenvalue weighted by atomic mass is 10.1. The third kappa shape index (κ3) is 10.3. The van der Waals surface area contributed by atoms with Crippen LogP contribution in [0.5, 0.6) is 5.75 Å². The van der Waals surface area contributed by atoms with Gasteiger partial charge in [-0.3, -0.25) is 4.99 Å². The second-order valence-electron chi connectivity index (χ2n) is 6.81. The molecule has 1 fully saturated rings. The Labute approximate surface area is 197 Å². The fraction of sp³-hybridized carbons (Fsp3) is 0.600. The summed E-state index contributed by atoms with van der Waals surface area (Å²) in [7, 11) is 0. The van der Waals surface area contributed by atoms with Gasteiger partial charge in [-0.25, -0.2) is 4.79 Å². The minimum Gasteiger partial charge on any atom is -0.450 e. The Morgan fingerprint density at radius 3 is 2.39 bits per heavy atom. The molecule has 11 heteroatoms. The van der Waals surface area contributed by atoms with Crippen molar-refractivity contribution in [3.8, 4) is 5.75 Å². The Morgan fingerprint density at radius 1 is 1.19 bits per heavy atom. The molecule has 7 nitrogen and oxygen atoms in total. The number of aliphatic imine (C=N–C) groups is 1. The molecule has 1 amide bonds. The summed E-state index contributed by atoms with van der Waals surface area (Å²) < 4.78 is 45.5. The number of alkyl halides is 3. The van der Waals surface area contributed by atoms with E-state index in [4.69, 9.17) is 4.74 Å². The van der Waals surface area contributed by atoms with Gasteiger partial charge in [-0.05, 0) is 50.8 Å². The Morgan fingerprint density at radius 2 is 1.84 bits per heavy atom. The second kappa shape index (κ2) is 13.5. The number of nitrogens with zero attached hydrogens (tertiary/aromatic N) is 2. The van der Waals surface area contributed by atoms with Crippen molar-refractivity contribution in [3.63, 3.8) is 0 Å². The smallest absolute Gasteiger partial charge is 0.450 e. The lowest BCUT2D eigenvalue weighted by molar-refractivity contribution is -0.274. The summed E-state index contributed by atoms with van der Waals surface area (Å²) in [6.45, 7) is 6.57. The van der Waals surface area contributed by atoms with Crippen molar-refractivity contribution in [2.75, 3.05) is 32.8 Å². The first-order valence-electron chi connectivity index (χ1n) is 10.1. The summed E-state index contributed by atoms with van der Waals surface area (Å²) >= 11 is 0. The highest BCUT2D eigenvalue weighted by molar-refractivity contribution is 14.0. The standard InChI is InChI=1S/C20H29F3N4O3.HI/c1-3-24-18(26-16-10-13-27(14-11-16)19(28)29-4-2)25-12-9-15-5-7-17(8-6-15)30-20(21,22)23;/h5-8,16H,3-4,9-14H2,1-2H3,(H2,24,25,26);1H. The largest absolute Gasteiger partial charge is 0.573 e. The summed E-state index contributed by atoms with van der Waals surface area (Å²) in [6, 6.07) is 6.00. The molecule has 0 spiro atoms. The SMILES string of the molecule is CCNC(=NCCc1ccc(OC(F)(F)F)cc1)NC1CCN(C(=O)OCC)CC1.I. The third-order valence-electron chi connectivity index (χ3n) is 4.53. The number of benzene rings is 1. The molecule has 1 saturated heterocycles. The quantitative estimate of drug-likeness (QED) is 0.302. The second-order valence-corrected chi connectivity index (χ2v) is 6.81. The maximum absolute atomic E-state index is 12.2. The highest BCUT2D eigenvalue weighted by Gasteiger charge is 2.31. The Bertz CT molecular complexity index is 694. The van der Waals surface area contributed by atoms with Gasteiger partial charge in [0.2, 0.25) is 0 Å². The zero-order chi connectivity index (χ0) is 22.0. The number of guanidine groups is 1. The van der Waals surface area contributed by atoms with E-state index < -0.39 is 6.36 Å². The van der Waals surface area contributed by atoms with Gasteiger partial charge in [-0.15, -0.1) is 37.1 Å². The van der Waals surface area contributed by atoms with Gasteiger partial charge in [0.05, 0.1) is 6.61 Å². The zero-order valence-electron chi connectivity index (χ0n) is 17.7. The van der Waals surface area contributed by atoms with Crippen LogP contribution in [0.1, 0.15) is 32.3 Å². The highest BCUT2D eigenvalue weighted by Crippen LogP contribution is 2.22. The first-order valence-corrected chi connectivity index (χ1v) is 10.1. The highest BCUT2D eigenvalue weighted by atomic mass is 127. The number of nitrogens with one attached hydrogen (secondary N) is 2. The van der Waals surface area contributed by atoms with E-state index in [0.717, 1.165) is 18.4 Å². The molecule has 2 rings (SSSR count). The zero-order valence-corrected chi connectivity index (χ0v) is 20.0. The van der Waals surface area contributed by atoms with Gasteiger partial charge in [0.25, 0.3) is 0 Å². The van der Waals surface area contributed by atoms with Crippen LogP contribution in [0.4, 0.5) is 18.0 Å². The number of halogens is 4. The van der Waals surface area contributed by atoms with Gasteiger partial charge in [-0.1, -0.05) is 12.1 Å². The molecule has 0 aliphatic carbocycles. The number of ether oxygens (including phenoxy) is 2. The van der Waals surface area contributed by atoms with E-state index in [0.29, 0.717) is 45.2 Å². The van der Waals surface area contributed by atoms with Crippen LogP contribution in [0.3, 0.4) is 0 Å². The van der Waals surface area contributed by atoms with Gasteiger partial charge in [0.1, 0.15) is 5.75 Å². The molecule has 1 aromatic carbocycles. The molecule has 31 heavy (non-hydrogen) atoms. The maximum atomic E-state index is 12.2. The summed E-state index contributed by atoms with van der Waals surface area (Å²) in [5.41, 5.74) is 0.867. The van der Waals surface area contributed by atoms with Gasteiger partial charge >= 0.3 is 12.5 Å². The van der Waals surface area contributed by atoms with E-state index in [-0.39, 0.29) is 41.9 Å². The third-order valence-corrected chi connectivity index (χ3v) is 4.53. The van der Waals surface area contributed by atoms with Crippen molar-refractivity contribution in [3.05, 3.63) is 29.8 Å². The first-order chi connectivity index (χ1) is 14.3. The number of hydrogen-bond donors (Lipinski definition) is 2. The number of carbonyl (C=O) groups is 1. The molecule has 2 N–H and O–H groups in total. The van der Waals surface area contributed by atoms with Gasteiger partial charge in [0, 0.05) is 32.2 Å². The maximum Gasteiger partial charge on any atom is 0.573 e. The van der Waals surface area contributed by atoms with Crippen LogP contribution in [0.2, 0.25) is 0 Å². The monoisotopic (exact) mass is 558 g/mol. The van der Waals surface area contributed by atoms with Crippen LogP contribution in [-0.2, 0) is 11.2 Å². The van der Waals surface area contributed by atoms with Gasteiger partial charge in [-0.2, -0.15) is 0 Å². The molecule has 0 bridgehead atoms. The summed E-state index contributed by atoms with van der Waals surface area (Å²) in [5, 5.41) is 6.58. The van der Waals surface area contributed by atoms with E-state index in [9.17, 15) is 18.0 Å². The molecular weight excluding hydrogens is 528 g/mol. The summed E-state index contributed by atoms with van der Waals surface area (Å²) in [6.07, 6.45) is -2.79. The van der Waals surface area contributed by atoms with Crippen LogP contribution in [0.15, 0.2) is 29.3 Å². The number of hydrogen-bond acceptors (Lipinski definition) is 4. The van der Waals surface area contributed by atoms with Crippen molar-refractivity contribution in [1.29, 1.82) is 0 Å². The molecule has 1 aromatic rings. The van der Waals surface area contributed by atoms with Crippen LogP contribution in [0, 0.1) is 0 Å². The van der Waals surface area contributed by atoms with Crippen LogP contribution in [-0.4, -0.2) is 62.1 Å². The first kappa shape index (κ1) is 27.1. The molecule has 0 aromatic heterocycles. The molecule has 1 aliphatic rings. The van der Waals surface area contributed by atoms with Crippen molar-refractivity contribution in [1.82, 2.24) is 15.5 Å². The number of likely N-dealkylation sites (tertiary alicyclic amines) is 1. The molecule has 1 aliphatic heterocycles. The number of piperidine rings is 1. The van der Waals surface area contributed by atoms with E-state index in [1.165, 1.54) is 12.1 Å². The summed E-state index contributed by atoms with van der Waals surface area (Å²) in [5.74, 6) is 0.447. The molecule has 176 valence electrons. The fourth-order valence-corrected chi connectivity index (χ4v) is 3.09. The van der Waals surface area contributed by atoms with Crippen LogP contribution < -0.4 is 15.4 Å². The van der Waals surface area contributed by atoms with E-state index in [2.05, 4.69) is 20.4 Å². The Kier molecular flexibility index (Phi) is 11.8. The van der Waals surface area contributed by atoms with Crippen molar-refractivity contribution in [2.45, 2.75) is 45.5 Å². The molecule has 0 unspecified atom stereocenters. The molecular formula is C20H30F3IN4O3. The summed E-state index contributed by atoms with van der Waals surface area (Å²) in [4.78, 5) is 18.0.